The molecule has 0 radical (unpaired) electrons. The number of hydrogen-bond donors (Lipinski definition) is 1. The van der Waals surface area contributed by atoms with Crippen LogP contribution in [0.1, 0.15) is 37.8 Å². The summed E-state index contributed by atoms with van der Waals surface area (Å²) >= 11 is 0. The van der Waals surface area contributed by atoms with Crippen molar-refractivity contribution in [1.29, 1.82) is 0 Å². The summed E-state index contributed by atoms with van der Waals surface area (Å²) in [6.45, 7) is 5.50. The van der Waals surface area contributed by atoms with Crippen LogP contribution >= 0.6 is 0 Å². The highest BCUT2D eigenvalue weighted by Gasteiger charge is 2.42. The maximum atomic E-state index is 13.5. The number of benzene rings is 3. The molecule has 1 aliphatic rings. The molecule has 8 heteroatoms. The van der Waals surface area contributed by atoms with Crippen molar-refractivity contribution in [1.82, 2.24) is 4.90 Å². The van der Waals surface area contributed by atoms with Crippen molar-refractivity contribution in [2.45, 2.75) is 38.5 Å². The molecule has 0 spiro atoms. The predicted octanol–water partition coefficient (Wildman–Crippen LogP) is 6.45. The molecule has 0 aromatic heterocycles. The van der Waals surface area contributed by atoms with Gasteiger partial charge in [-0.25, -0.2) is 4.79 Å². The summed E-state index contributed by atoms with van der Waals surface area (Å²) in [7, 11) is 0. The van der Waals surface area contributed by atoms with Gasteiger partial charge in [-0.3, -0.25) is 4.79 Å². The second-order valence-corrected chi connectivity index (χ2v) is 9.73. The van der Waals surface area contributed by atoms with Crippen LogP contribution in [0.5, 0.6) is 0 Å². The predicted molar refractivity (Wildman–Crippen MR) is 128 cm³/mol. The number of fused-ring (bicyclic) bond motifs is 1. The van der Waals surface area contributed by atoms with Crippen molar-refractivity contribution in [2.75, 3.05) is 18.4 Å². The summed E-state index contributed by atoms with van der Waals surface area (Å²) in [6, 6.07) is 18.0. The molecule has 2 amide bonds. The second kappa shape index (κ2) is 9.24. The van der Waals surface area contributed by atoms with Crippen molar-refractivity contribution >= 4 is 28.5 Å². The van der Waals surface area contributed by atoms with Crippen molar-refractivity contribution in [3.8, 4) is 0 Å². The number of ether oxygens (including phenoxy) is 1. The van der Waals surface area contributed by atoms with Crippen molar-refractivity contribution in [3.63, 3.8) is 0 Å². The van der Waals surface area contributed by atoms with Gasteiger partial charge in [-0.15, -0.1) is 0 Å². The van der Waals surface area contributed by atoms with Gasteiger partial charge in [-0.05, 0) is 49.9 Å². The molecule has 3 aromatic carbocycles. The fourth-order valence-corrected chi connectivity index (χ4v) is 4.36. The van der Waals surface area contributed by atoms with Crippen LogP contribution in [0.3, 0.4) is 0 Å². The fourth-order valence-electron chi connectivity index (χ4n) is 4.36. The Morgan fingerprint density at radius 2 is 1.57 bits per heavy atom. The number of amides is 2. The van der Waals surface area contributed by atoms with E-state index in [-0.39, 0.29) is 19.0 Å². The van der Waals surface area contributed by atoms with E-state index in [1.54, 1.807) is 26.8 Å². The Bertz CT molecular complexity index is 1230. The first-order chi connectivity index (χ1) is 16.4. The zero-order valence-corrected chi connectivity index (χ0v) is 19.7. The summed E-state index contributed by atoms with van der Waals surface area (Å²) in [5, 5.41) is 4.81. The van der Waals surface area contributed by atoms with Gasteiger partial charge in [-0.2, -0.15) is 13.2 Å². The fraction of sp³-hybridized carbons (Fsp3) is 0.333. The van der Waals surface area contributed by atoms with E-state index in [1.165, 1.54) is 17.0 Å². The summed E-state index contributed by atoms with van der Waals surface area (Å²) in [5.74, 6) is -1.46. The molecule has 1 aliphatic heterocycles. The number of likely N-dealkylation sites (tertiary alicyclic amines) is 1. The van der Waals surface area contributed by atoms with Gasteiger partial charge in [-0.1, -0.05) is 48.5 Å². The van der Waals surface area contributed by atoms with E-state index < -0.39 is 35.3 Å². The highest BCUT2D eigenvalue weighted by Crippen LogP contribution is 2.37. The lowest BCUT2D eigenvalue weighted by Gasteiger charge is -2.24. The van der Waals surface area contributed by atoms with Crippen LogP contribution in [0.25, 0.3) is 10.8 Å². The first-order valence-corrected chi connectivity index (χ1v) is 11.4. The Morgan fingerprint density at radius 3 is 2.23 bits per heavy atom. The van der Waals surface area contributed by atoms with Crippen molar-refractivity contribution < 1.29 is 27.5 Å². The monoisotopic (exact) mass is 484 g/mol. The summed E-state index contributed by atoms with van der Waals surface area (Å²) in [5.41, 5.74) is -0.290. The molecular formula is C27H27F3N2O3. The summed E-state index contributed by atoms with van der Waals surface area (Å²) < 4.78 is 44.7. The first-order valence-electron chi connectivity index (χ1n) is 11.4. The molecule has 1 N–H and O–H groups in total. The maximum absolute atomic E-state index is 13.5. The number of rotatable bonds is 3. The highest BCUT2D eigenvalue weighted by molar-refractivity contribution is 6.03. The number of hydrogen-bond acceptors (Lipinski definition) is 3. The molecule has 3 aromatic rings. The Morgan fingerprint density at radius 1 is 0.914 bits per heavy atom. The van der Waals surface area contributed by atoms with Crippen molar-refractivity contribution in [2.24, 2.45) is 5.92 Å². The van der Waals surface area contributed by atoms with Gasteiger partial charge >= 0.3 is 12.3 Å². The lowest BCUT2D eigenvalue weighted by Crippen LogP contribution is -2.36. The van der Waals surface area contributed by atoms with Gasteiger partial charge in [0.25, 0.3) is 0 Å². The van der Waals surface area contributed by atoms with Crippen LogP contribution in [0.15, 0.2) is 66.7 Å². The van der Waals surface area contributed by atoms with Crippen LogP contribution in [0, 0.1) is 5.92 Å². The highest BCUT2D eigenvalue weighted by atomic mass is 19.4. The maximum Gasteiger partial charge on any atom is 0.416 e. The van der Waals surface area contributed by atoms with Crippen molar-refractivity contribution in [3.05, 3.63) is 77.9 Å². The molecule has 1 heterocycles. The van der Waals surface area contributed by atoms with Crippen LogP contribution in [0.2, 0.25) is 0 Å². The first kappa shape index (κ1) is 24.6. The van der Waals surface area contributed by atoms with Gasteiger partial charge in [0.15, 0.2) is 0 Å². The van der Waals surface area contributed by atoms with Gasteiger partial charge in [0.05, 0.1) is 11.5 Å². The Hall–Kier alpha value is -3.55. The van der Waals surface area contributed by atoms with Crippen LogP contribution in [-0.4, -0.2) is 35.6 Å². The topological polar surface area (TPSA) is 58.6 Å². The normalized spacial score (nSPS) is 18.5. The van der Waals surface area contributed by atoms with E-state index in [0.29, 0.717) is 11.3 Å². The largest absolute Gasteiger partial charge is 0.444 e. The van der Waals surface area contributed by atoms with Crippen LogP contribution in [-0.2, 0) is 15.7 Å². The molecular weight excluding hydrogens is 457 g/mol. The summed E-state index contributed by atoms with van der Waals surface area (Å²) in [4.78, 5) is 27.6. The van der Waals surface area contributed by atoms with E-state index in [2.05, 4.69) is 5.32 Å². The third kappa shape index (κ3) is 5.58. The number of halogens is 3. The van der Waals surface area contributed by atoms with E-state index in [9.17, 15) is 22.8 Å². The number of nitrogens with one attached hydrogen (secondary N) is 1. The average Bonchev–Trinajstić information content (AvgIpc) is 3.24. The quantitative estimate of drug-likeness (QED) is 0.465. The Labute approximate surface area is 201 Å². The minimum atomic E-state index is -4.46. The Balaban J connectivity index is 1.63. The number of alkyl halides is 3. The Kier molecular flexibility index (Phi) is 6.49. The second-order valence-electron chi connectivity index (χ2n) is 9.73. The SMILES string of the molecule is CC(C)(C)OC(=O)N1C[C@@H](C(=O)Nc2cccc3ccccc23)[C@H](c2ccc(C(F)(F)F)cc2)C1. The number of carbonyl (C=O) groups excluding carboxylic acids is 2. The van der Waals surface area contributed by atoms with E-state index in [1.807, 2.05) is 36.4 Å². The summed E-state index contributed by atoms with van der Waals surface area (Å²) in [6.07, 6.45) is -5.02. The zero-order chi connectivity index (χ0) is 25.4. The van der Waals surface area contributed by atoms with Crippen LogP contribution < -0.4 is 5.32 Å². The average molecular weight is 485 g/mol. The molecule has 2 atom stereocenters. The van der Waals surface area contributed by atoms with E-state index >= 15 is 0 Å². The smallest absolute Gasteiger partial charge is 0.416 e. The third-order valence-corrected chi connectivity index (χ3v) is 6.02. The molecule has 35 heavy (non-hydrogen) atoms. The van der Waals surface area contributed by atoms with Gasteiger partial charge < -0.3 is 15.0 Å². The molecule has 0 saturated carbocycles. The molecule has 4 rings (SSSR count). The third-order valence-electron chi connectivity index (χ3n) is 6.02. The lowest BCUT2D eigenvalue weighted by atomic mass is 9.87. The number of anilines is 1. The van der Waals surface area contributed by atoms with E-state index in [0.717, 1.165) is 22.9 Å². The minimum Gasteiger partial charge on any atom is -0.444 e. The van der Waals surface area contributed by atoms with Gasteiger partial charge in [0.2, 0.25) is 5.91 Å². The number of nitrogens with zero attached hydrogens (tertiary/aromatic N) is 1. The molecule has 0 unspecified atom stereocenters. The lowest BCUT2D eigenvalue weighted by molar-refractivity contribution is -0.137. The molecule has 0 aliphatic carbocycles. The van der Waals surface area contributed by atoms with E-state index in [4.69, 9.17) is 4.74 Å². The molecule has 0 bridgehead atoms. The zero-order valence-electron chi connectivity index (χ0n) is 19.7. The molecule has 1 fully saturated rings. The molecule has 184 valence electrons. The number of carbonyl (C=O) groups is 2. The molecule has 5 nitrogen and oxygen atoms in total. The minimum absolute atomic E-state index is 0.0944. The standard InChI is InChI=1S/C27H27F3N2O3/c1-26(2,3)35-25(34)32-15-21(18-11-13-19(14-12-18)27(28,29)30)22(16-32)24(33)31-23-10-6-8-17-7-4-5-9-20(17)23/h4-14,21-22H,15-16H2,1-3H3,(H,31,33)/t21-,22+/m0/s1. The van der Waals surface area contributed by atoms with Gasteiger partial charge in [0, 0.05) is 30.1 Å². The molecule has 1 saturated heterocycles. The van der Waals surface area contributed by atoms with Crippen LogP contribution in [0.4, 0.5) is 23.7 Å². The van der Waals surface area contributed by atoms with Gasteiger partial charge in [0.1, 0.15) is 5.60 Å².